The van der Waals surface area contributed by atoms with E-state index in [1.807, 2.05) is 0 Å². The molecule has 0 spiro atoms. The molecule has 0 aliphatic heterocycles. The van der Waals surface area contributed by atoms with E-state index in [-0.39, 0.29) is 11.3 Å². The Balaban J connectivity index is 1.91. The number of anilines is 1. The van der Waals surface area contributed by atoms with Gasteiger partial charge in [-0.2, -0.15) is 0 Å². The summed E-state index contributed by atoms with van der Waals surface area (Å²) in [5, 5.41) is 2.56. The van der Waals surface area contributed by atoms with Crippen molar-refractivity contribution < 1.29 is 28.2 Å². The summed E-state index contributed by atoms with van der Waals surface area (Å²) in [6.45, 7) is -0.496. The van der Waals surface area contributed by atoms with Crippen LogP contribution in [0.15, 0.2) is 42.5 Å². The molecule has 1 amide bonds. The van der Waals surface area contributed by atoms with Gasteiger partial charge < -0.3 is 19.5 Å². The number of esters is 1. The predicted octanol–water partition coefficient (Wildman–Crippen LogP) is 2.64. The zero-order chi connectivity index (χ0) is 17.5. The summed E-state index contributed by atoms with van der Waals surface area (Å²) < 4.78 is 28.2. The highest BCUT2D eigenvalue weighted by Gasteiger charge is 2.13. The molecule has 0 heterocycles. The average Bonchev–Trinajstić information content (AvgIpc) is 2.59. The van der Waals surface area contributed by atoms with Crippen LogP contribution >= 0.6 is 0 Å². The van der Waals surface area contributed by atoms with E-state index in [1.165, 1.54) is 26.4 Å². The van der Waals surface area contributed by atoms with Crippen LogP contribution < -0.4 is 14.8 Å². The lowest BCUT2D eigenvalue weighted by atomic mass is 10.2. The monoisotopic (exact) mass is 333 g/mol. The fourth-order valence-corrected chi connectivity index (χ4v) is 1.91. The number of ether oxygens (including phenoxy) is 3. The van der Waals surface area contributed by atoms with Gasteiger partial charge in [0.1, 0.15) is 5.75 Å². The summed E-state index contributed by atoms with van der Waals surface area (Å²) >= 11 is 0. The van der Waals surface area contributed by atoms with Crippen molar-refractivity contribution in [2.45, 2.75) is 0 Å². The third kappa shape index (κ3) is 4.45. The lowest BCUT2D eigenvalue weighted by Gasteiger charge is -2.08. The number of halogens is 1. The second-order valence-corrected chi connectivity index (χ2v) is 4.71. The average molecular weight is 333 g/mol. The van der Waals surface area contributed by atoms with Crippen LogP contribution in [0.1, 0.15) is 10.4 Å². The van der Waals surface area contributed by atoms with Crippen LogP contribution in [0.2, 0.25) is 0 Å². The molecule has 0 atom stereocenters. The molecule has 0 fully saturated rings. The maximum absolute atomic E-state index is 13.5. The van der Waals surface area contributed by atoms with Crippen LogP contribution in [0, 0.1) is 5.82 Å². The van der Waals surface area contributed by atoms with E-state index in [9.17, 15) is 14.0 Å². The smallest absolute Gasteiger partial charge is 0.338 e. The molecule has 6 nitrogen and oxygen atoms in total. The van der Waals surface area contributed by atoms with Crippen molar-refractivity contribution in [2.75, 3.05) is 26.1 Å². The highest BCUT2D eigenvalue weighted by molar-refractivity contribution is 5.95. The topological polar surface area (TPSA) is 73.9 Å². The number of hydrogen-bond acceptors (Lipinski definition) is 5. The summed E-state index contributed by atoms with van der Waals surface area (Å²) in [5.41, 5.74) is 0.494. The first kappa shape index (κ1) is 17.3. The van der Waals surface area contributed by atoms with E-state index >= 15 is 0 Å². The second-order valence-electron chi connectivity index (χ2n) is 4.71. The van der Waals surface area contributed by atoms with Gasteiger partial charge in [-0.15, -0.1) is 0 Å². The van der Waals surface area contributed by atoms with Crippen LogP contribution in [-0.2, 0) is 9.53 Å². The first-order valence-corrected chi connectivity index (χ1v) is 6.98. The molecule has 0 aliphatic rings. The molecule has 2 rings (SSSR count). The minimum Gasteiger partial charge on any atom is -0.497 e. The third-order valence-electron chi connectivity index (χ3n) is 3.08. The zero-order valence-corrected chi connectivity index (χ0v) is 13.2. The Bertz CT molecular complexity index is 748. The van der Waals surface area contributed by atoms with E-state index in [0.29, 0.717) is 11.4 Å². The predicted molar refractivity (Wildman–Crippen MR) is 84.9 cm³/mol. The molecule has 0 saturated carbocycles. The van der Waals surface area contributed by atoms with Crippen molar-refractivity contribution in [1.29, 1.82) is 0 Å². The molecule has 1 N–H and O–H groups in total. The summed E-state index contributed by atoms with van der Waals surface area (Å²) in [5.74, 6) is -1.42. The van der Waals surface area contributed by atoms with E-state index in [0.717, 1.165) is 6.07 Å². The van der Waals surface area contributed by atoms with Crippen LogP contribution in [0.25, 0.3) is 0 Å². The Morgan fingerprint density at radius 3 is 2.54 bits per heavy atom. The second kappa shape index (κ2) is 7.96. The quantitative estimate of drug-likeness (QED) is 0.823. The Morgan fingerprint density at radius 1 is 1.08 bits per heavy atom. The van der Waals surface area contributed by atoms with Crippen molar-refractivity contribution in [3.63, 3.8) is 0 Å². The molecule has 0 aliphatic carbocycles. The molecule has 0 radical (unpaired) electrons. The first-order valence-electron chi connectivity index (χ1n) is 6.98. The Morgan fingerprint density at radius 2 is 1.88 bits per heavy atom. The first-order chi connectivity index (χ1) is 11.5. The van der Waals surface area contributed by atoms with Gasteiger partial charge in [0.25, 0.3) is 5.91 Å². The van der Waals surface area contributed by atoms with Crippen molar-refractivity contribution >= 4 is 17.6 Å². The molecule has 0 saturated heterocycles. The molecule has 2 aromatic rings. The zero-order valence-electron chi connectivity index (χ0n) is 13.2. The standard InChI is InChI=1S/C17H16FNO5/c1-22-13-5-3-4-12(9-13)19-16(20)10-24-17(21)11-6-7-15(23-2)14(18)8-11/h3-9H,10H2,1-2H3,(H,19,20). The van der Waals surface area contributed by atoms with E-state index in [4.69, 9.17) is 14.2 Å². The van der Waals surface area contributed by atoms with Crippen molar-refractivity contribution in [2.24, 2.45) is 0 Å². The molecular formula is C17H16FNO5. The van der Waals surface area contributed by atoms with E-state index < -0.39 is 24.3 Å². The summed E-state index contributed by atoms with van der Waals surface area (Å²) in [7, 11) is 2.83. The van der Waals surface area contributed by atoms with E-state index in [1.54, 1.807) is 24.3 Å². The number of hydrogen-bond donors (Lipinski definition) is 1. The largest absolute Gasteiger partial charge is 0.497 e. The number of nitrogens with one attached hydrogen (secondary N) is 1. The normalized spacial score (nSPS) is 9.96. The van der Waals surface area contributed by atoms with Crippen LogP contribution in [-0.4, -0.2) is 32.7 Å². The van der Waals surface area contributed by atoms with Crippen molar-refractivity contribution in [1.82, 2.24) is 0 Å². The molecule has 0 bridgehead atoms. The lowest BCUT2D eigenvalue weighted by molar-refractivity contribution is -0.119. The minimum atomic E-state index is -0.808. The summed E-state index contributed by atoms with van der Waals surface area (Å²) in [4.78, 5) is 23.6. The summed E-state index contributed by atoms with van der Waals surface area (Å²) in [6, 6.07) is 10.4. The minimum absolute atomic E-state index is 0.0116. The van der Waals surface area contributed by atoms with Crippen LogP contribution in [0.4, 0.5) is 10.1 Å². The third-order valence-corrected chi connectivity index (χ3v) is 3.08. The van der Waals surface area contributed by atoms with Gasteiger partial charge in [0.15, 0.2) is 18.2 Å². The van der Waals surface area contributed by atoms with Gasteiger partial charge in [-0.05, 0) is 30.3 Å². The van der Waals surface area contributed by atoms with Gasteiger partial charge in [0.2, 0.25) is 0 Å². The van der Waals surface area contributed by atoms with Gasteiger partial charge in [-0.1, -0.05) is 6.07 Å². The highest BCUT2D eigenvalue weighted by Crippen LogP contribution is 2.18. The molecule has 7 heteroatoms. The van der Waals surface area contributed by atoms with Gasteiger partial charge in [-0.3, -0.25) is 4.79 Å². The van der Waals surface area contributed by atoms with Gasteiger partial charge in [-0.25, -0.2) is 9.18 Å². The molecule has 2 aromatic carbocycles. The SMILES string of the molecule is COc1cccc(NC(=O)COC(=O)c2ccc(OC)c(F)c2)c1. The van der Waals surface area contributed by atoms with Crippen molar-refractivity contribution in [3.05, 3.63) is 53.8 Å². The number of methoxy groups -OCH3 is 2. The molecule has 24 heavy (non-hydrogen) atoms. The molecule has 0 aromatic heterocycles. The van der Waals surface area contributed by atoms with Gasteiger partial charge in [0, 0.05) is 11.8 Å². The number of amides is 1. The Labute approximate surface area is 138 Å². The molecular weight excluding hydrogens is 317 g/mol. The van der Waals surface area contributed by atoms with Crippen molar-refractivity contribution in [3.8, 4) is 11.5 Å². The number of carbonyl (C=O) groups excluding carboxylic acids is 2. The van der Waals surface area contributed by atoms with Gasteiger partial charge in [0.05, 0.1) is 19.8 Å². The molecule has 126 valence electrons. The Hall–Kier alpha value is -3.09. The highest BCUT2D eigenvalue weighted by atomic mass is 19.1. The number of carbonyl (C=O) groups is 2. The van der Waals surface area contributed by atoms with Crippen LogP contribution in [0.3, 0.4) is 0 Å². The van der Waals surface area contributed by atoms with Crippen LogP contribution in [0.5, 0.6) is 11.5 Å². The maximum atomic E-state index is 13.5. The fourth-order valence-electron chi connectivity index (χ4n) is 1.91. The maximum Gasteiger partial charge on any atom is 0.338 e. The van der Waals surface area contributed by atoms with Gasteiger partial charge >= 0.3 is 5.97 Å². The van der Waals surface area contributed by atoms with E-state index in [2.05, 4.69) is 5.32 Å². The fraction of sp³-hybridized carbons (Fsp3) is 0.176. The number of benzene rings is 2. The number of rotatable bonds is 6. The summed E-state index contributed by atoms with van der Waals surface area (Å²) in [6.07, 6.45) is 0. The lowest BCUT2D eigenvalue weighted by Crippen LogP contribution is -2.21. The molecule has 0 unspecified atom stereocenters. The Kier molecular flexibility index (Phi) is 5.73.